The van der Waals surface area contributed by atoms with E-state index in [4.69, 9.17) is 0 Å². The molecule has 1 aromatic heterocycles. The summed E-state index contributed by atoms with van der Waals surface area (Å²) < 4.78 is 31.5. The van der Waals surface area contributed by atoms with Crippen molar-refractivity contribution in [3.8, 4) is 0 Å². The number of sulfonamides is 1. The first kappa shape index (κ1) is 26.1. The highest BCUT2D eigenvalue weighted by atomic mass is 32.2. The van der Waals surface area contributed by atoms with Crippen molar-refractivity contribution in [3.05, 3.63) is 104 Å². The fourth-order valence-electron chi connectivity index (χ4n) is 4.08. The first-order chi connectivity index (χ1) is 17.5. The zero-order chi connectivity index (χ0) is 26.9. The lowest BCUT2D eigenvalue weighted by molar-refractivity contribution is -0.117. The van der Waals surface area contributed by atoms with Gasteiger partial charge < -0.3 is 5.32 Å². The molecule has 1 unspecified atom stereocenters. The number of nitrogens with zero attached hydrogens (tertiary/aromatic N) is 2. The maximum absolute atomic E-state index is 13.4. The van der Waals surface area contributed by atoms with E-state index in [1.165, 1.54) is 36.9 Å². The minimum atomic E-state index is -4.22. The SMILES string of the molecule is Cc1ccc(NC(=O)C(Cc2ccccc2)NS(=O)(=O)c2ccc3c(c2)c(=O)n(C)c(=O)n3C)cc1C. The molecule has 192 valence electrons. The summed E-state index contributed by atoms with van der Waals surface area (Å²) in [6, 6.07) is 17.4. The molecule has 0 aliphatic heterocycles. The van der Waals surface area contributed by atoms with E-state index in [9.17, 15) is 22.8 Å². The summed E-state index contributed by atoms with van der Waals surface area (Å²) in [5.74, 6) is -0.519. The van der Waals surface area contributed by atoms with Crippen LogP contribution >= 0.6 is 0 Å². The van der Waals surface area contributed by atoms with Crippen molar-refractivity contribution in [1.82, 2.24) is 13.9 Å². The average molecular weight is 521 g/mol. The van der Waals surface area contributed by atoms with Gasteiger partial charge in [0.2, 0.25) is 15.9 Å². The van der Waals surface area contributed by atoms with E-state index in [2.05, 4.69) is 10.0 Å². The van der Waals surface area contributed by atoms with Crippen LogP contribution in [-0.4, -0.2) is 29.5 Å². The number of anilines is 1. The van der Waals surface area contributed by atoms with Gasteiger partial charge in [0.25, 0.3) is 5.56 Å². The van der Waals surface area contributed by atoms with Gasteiger partial charge in [-0.3, -0.25) is 18.7 Å². The Morgan fingerprint density at radius 1 is 0.892 bits per heavy atom. The van der Waals surface area contributed by atoms with Crippen molar-refractivity contribution in [2.45, 2.75) is 31.2 Å². The monoisotopic (exact) mass is 520 g/mol. The third-order valence-electron chi connectivity index (χ3n) is 6.42. The minimum absolute atomic E-state index is 0.0756. The van der Waals surface area contributed by atoms with Crippen molar-refractivity contribution >= 4 is 32.5 Å². The number of amides is 1. The molecule has 37 heavy (non-hydrogen) atoms. The van der Waals surface area contributed by atoms with Crippen LogP contribution < -0.4 is 21.3 Å². The lowest BCUT2D eigenvalue weighted by Gasteiger charge is -2.19. The van der Waals surface area contributed by atoms with Gasteiger partial charge in [-0.25, -0.2) is 13.2 Å². The molecule has 1 amide bonds. The Morgan fingerprint density at radius 2 is 1.59 bits per heavy atom. The van der Waals surface area contributed by atoms with Crippen LogP contribution in [0.1, 0.15) is 16.7 Å². The van der Waals surface area contributed by atoms with Crippen molar-refractivity contribution in [3.63, 3.8) is 0 Å². The Balaban J connectivity index is 1.70. The normalized spacial score (nSPS) is 12.4. The number of benzene rings is 3. The molecule has 0 fully saturated rings. The Kier molecular flexibility index (Phi) is 7.15. The van der Waals surface area contributed by atoms with E-state index in [1.54, 1.807) is 6.07 Å². The number of carbonyl (C=O) groups excluding carboxylic acids is 1. The van der Waals surface area contributed by atoms with Crippen LogP contribution in [-0.2, 0) is 35.3 Å². The standard InChI is InChI=1S/C27H28N4O5S/c1-17-10-11-20(14-18(17)2)28-25(32)23(15-19-8-6-5-7-9-19)29-37(35,36)21-12-13-24-22(16-21)26(33)31(4)27(34)30(24)3/h5-14,16,23,29H,15H2,1-4H3,(H,28,32). The molecule has 4 rings (SSSR count). The molecule has 0 saturated carbocycles. The van der Waals surface area contributed by atoms with E-state index < -0.39 is 33.2 Å². The van der Waals surface area contributed by atoms with Gasteiger partial charge in [-0.05, 0) is 67.3 Å². The summed E-state index contributed by atoms with van der Waals surface area (Å²) in [6.07, 6.45) is 0.112. The zero-order valence-electron chi connectivity index (χ0n) is 21.0. The molecule has 10 heteroatoms. The number of rotatable bonds is 7. The minimum Gasteiger partial charge on any atom is -0.325 e. The maximum Gasteiger partial charge on any atom is 0.330 e. The zero-order valence-corrected chi connectivity index (χ0v) is 21.8. The molecule has 0 radical (unpaired) electrons. The lowest BCUT2D eigenvalue weighted by Crippen LogP contribution is -2.45. The molecular formula is C27H28N4O5S. The molecule has 0 saturated heterocycles. The quantitative estimate of drug-likeness (QED) is 0.388. The summed E-state index contributed by atoms with van der Waals surface area (Å²) in [5, 5.41) is 2.88. The summed E-state index contributed by atoms with van der Waals surface area (Å²) >= 11 is 0. The van der Waals surface area contributed by atoms with Crippen LogP contribution in [0.15, 0.2) is 81.2 Å². The highest BCUT2D eigenvalue weighted by Crippen LogP contribution is 2.18. The second-order valence-electron chi connectivity index (χ2n) is 9.04. The summed E-state index contributed by atoms with van der Waals surface area (Å²) in [6.45, 7) is 3.89. The van der Waals surface area contributed by atoms with Crippen molar-refractivity contribution in [2.75, 3.05) is 5.32 Å². The van der Waals surface area contributed by atoms with Gasteiger partial charge in [-0.1, -0.05) is 36.4 Å². The van der Waals surface area contributed by atoms with Gasteiger partial charge in [-0.2, -0.15) is 4.72 Å². The predicted molar refractivity (Wildman–Crippen MR) is 143 cm³/mol. The third-order valence-corrected chi connectivity index (χ3v) is 7.89. The molecule has 2 N–H and O–H groups in total. The molecule has 0 aliphatic rings. The molecule has 0 spiro atoms. The Bertz CT molecular complexity index is 1720. The highest BCUT2D eigenvalue weighted by Gasteiger charge is 2.27. The van der Waals surface area contributed by atoms with Gasteiger partial charge in [0.15, 0.2) is 0 Å². The van der Waals surface area contributed by atoms with E-state index in [-0.39, 0.29) is 16.7 Å². The molecule has 4 aromatic rings. The van der Waals surface area contributed by atoms with Crippen LogP contribution in [0, 0.1) is 13.8 Å². The van der Waals surface area contributed by atoms with Crippen LogP contribution in [0.3, 0.4) is 0 Å². The first-order valence-electron chi connectivity index (χ1n) is 11.6. The van der Waals surface area contributed by atoms with Gasteiger partial charge in [0.1, 0.15) is 6.04 Å². The number of aromatic nitrogens is 2. The summed E-state index contributed by atoms with van der Waals surface area (Å²) in [4.78, 5) is 38.0. The van der Waals surface area contributed by atoms with Crippen LogP contribution in [0.2, 0.25) is 0 Å². The van der Waals surface area contributed by atoms with Gasteiger partial charge >= 0.3 is 5.69 Å². The Morgan fingerprint density at radius 3 is 2.27 bits per heavy atom. The fraction of sp³-hybridized carbons (Fsp3) is 0.222. The molecule has 1 atom stereocenters. The van der Waals surface area contributed by atoms with Crippen LogP contribution in [0.5, 0.6) is 0 Å². The van der Waals surface area contributed by atoms with Crippen molar-refractivity contribution < 1.29 is 13.2 Å². The number of hydrogen-bond donors (Lipinski definition) is 2. The largest absolute Gasteiger partial charge is 0.330 e. The third kappa shape index (κ3) is 5.40. The number of fused-ring (bicyclic) bond motifs is 1. The van der Waals surface area contributed by atoms with E-state index >= 15 is 0 Å². The molecule has 3 aromatic carbocycles. The Hall–Kier alpha value is -4.02. The van der Waals surface area contributed by atoms with E-state index in [0.717, 1.165) is 21.3 Å². The van der Waals surface area contributed by atoms with Gasteiger partial charge in [0, 0.05) is 19.8 Å². The lowest BCUT2D eigenvalue weighted by atomic mass is 10.1. The fourth-order valence-corrected chi connectivity index (χ4v) is 5.30. The van der Waals surface area contributed by atoms with Crippen molar-refractivity contribution in [2.24, 2.45) is 14.1 Å². The maximum atomic E-state index is 13.4. The van der Waals surface area contributed by atoms with E-state index in [0.29, 0.717) is 11.2 Å². The van der Waals surface area contributed by atoms with Crippen LogP contribution in [0.25, 0.3) is 10.9 Å². The van der Waals surface area contributed by atoms with Gasteiger partial charge in [0.05, 0.1) is 15.8 Å². The predicted octanol–water partition coefficient (Wildman–Crippen LogP) is 2.38. The average Bonchev–Trinajstić information content (AvgIpc) is 2.88. The highest BCUT2D eigenvalue weighted by molar-refractivity contribution is 7.89. The second-order valence-corrected chi connectivity index (χ2v) is 10.8. The van der Waals surface area contributed by atoms with Crippen molar-refractivity contribution in [1.29, 1.82) is 0 Å². The molecule has 1 heterocycles. The second kappa shape index (κ2) is 10.2. The molecule has 9 nitrogen and oxygen atoms in total. The number of aryl methyl sites for hydroxylation is 3. The molecule has 0 aliphatic carbocycles. The number of carbonyl (C=O) groups is 1. The summed E-state index contributed by atoms with van der Waals surface area (Å²) in [5.41, 5.74) is 2.57. The van der Waals surface area contributed by atoms with E-state index in [1.807, 2.05) is 56.3 Å². The first-order valence-corrected chi connectivity index (χ1v) is 13.1. The molecule has 0 bridgehead atoms. The van der Waals surface area contributed by atoms with Gasteiger partial charge in [-0.15, -0.1) is 0 Å². The molecular weight excluding hydrogens is 492 g/mol. The summed E-state index contributed by atoms with van der Waals surface area (Å²) in [7, 11) is -1.39. The topological polar surface area (TPSA) is 119 Å². The Labute approximate surface area is 214 Å². The smallest absolute Gasteiger partial charge is 0.325 e. The van der Waals surface area contributed by atoms with Crippen LogP contribution in [0.4, 0.5) is 5.69 Å². The number of hydrogen-bond acceptors (Lipinski definition) is 5. The number of nitrogens with one attached hydrogen (secondary N) is 2.